The number of ether oxygens (including phenoxy) is 3. The van der Waals surface area contributed by atoms with Crippen LogP contribution in [0.3, 0.4) is 0 Å². The monoisotopic (exact) mass is 286 g/mol. The number of hydrogen-bond donors (Lipinski definition) is 1. The van der Waals surface area contributed by atoms with Crippen LogP contribution in [-0.4, -0.2) is 25.3 Å². The molecule has 2 N–H and O–H groups in total. The summed E-state index contributed by atoms with van der Waals surface area (Å²) in [5.74, 6) is 2.04. The van der Waals surface area contributed by atoms with Gasteiger partial charge < -0.3 is 19.9 Å². The Bertz CT molecular complexity index is 631. The zero-order valence-corrected chi connectivity index (χ0v) is 11.9. The van der Waals surface area contributed by atoms with Crippen LogP contribution in [0.4, 0.5) is 0 Å². The lowest BCUT2D eigenvalue weighted by molar-refractivity contribution is 0.297. The number of rotatable bonds is 3. The summed E-state index contributed by atoms with van der Waals surface area (Å²) in [5, 5.41) is 0. The Morgan fingerprint density at radius 1 is 1.19 bits per heavy atom. The molecule has 0 spiro atoms. The average molecular weight is 286 g/mol. The molecule has 5 nitrogen and oxygen atoms in total. The summed E-state index contributed by atoms with van der Waals surface area (Å²) in [6, 6.07) is 9.22. The Labute approximate surface area is 123 Å². The molecule has 1 aromatic carbocycles. The van der Waals surface area contributed by atoms with Gasteiger partial charge in [-0.15, -0.1) is 0 Å². The first-order valence-corrected chi connectivity index (χ1v) is 6.93. The van der Waals surface area contributed by atoms with E-state index in [0.717, 1.165) is 29.0 Å². The largest absolute Gasteiger partial charge is 0.490 e. The number of nitrogens with two attached hydrogens (primary N) is 1. The summed E-state index contributed by atoms with van der Waals surface area (Å²) >= 11 is 0. The van der Waals surface area contributed by atoms with Crippen molar-refractivity contribution in [1.82, 2.24) is 4.98 Å². The van der Waals surface area contributed by atoms with Gasteiger partial charge in [-0.05, 0) is 23.8 Å². The highest BCUT2D eigenvalue weighted by Crippen LogP contribution is 2.34. The van der Waals surface area contributed by atoms with E-state index in [1.807, 2.05) is 30.3 Å². The smallest absolute Gasteiger partial charge is 0.218 e. The third-order valence-corrected chi connectivity index (χ3v) is 3.46. The van der Waals surface area contributed by atoms with Gasteiger partial charge in [-0.1, -0.05) is 12.1 Å². The zero-order valence-electron chi connectivity index (χ0n) is 11.9. The molecule has 110 valence electrons. The predicted octanol–water partition coefficient (Wildman–Crippen LogP) is 2.30. The number of pyridine rings is 1. The first-order chi connectivity index (χ1) is 10.3. The van der Waals surface area contributed by atoms with Crippen LogP contribution in [0.2, 0.25) is 0 Å². The normalized spacial score (nSPS) is 15.1. The second-order valence-corrected chi connectivity index (χ2v) is 4.84. The van der Waals surface area contributed by atoms with E-state index in [9.17, 15) is 0 Å². The highest BCUT2D eigenvalue weighted by atomic mass is 16.5. The summed E-state index contributed by atoms with van der Waals surface area (Å²) in [6.07, 6.45) is 2.57. The maximum atomic E-state index is 6.35. The molecule has 0 saturated heterocycles. The molecule has 0 bridgehead atoms. The quantitative estimate of drug-likeness (QED) is 0.937. The molecule has 0 radical (unpaired) electrons. The number of aromatic nitrogens is 1. The van der Waals surface area contributed by atoms with Gasteiger partial charge >= 0.3 is 0 Å². The fourth-order valence-corrected chi connectivity index (χ4v) is 2.36. The zero-order chi connectivity index (χ0) is 14.7. The van der Waals surface area contributed by atoms with Crippen molar-refractivity contribution in [3.8, 4) is 17.4 Å². The molecule has 0 fully saturated rings. The Balaban J connectivity index is 1.94. The molecular weight excluding hydrogens is 268 g/mol. The fraction of sp³-hybridized carbons (Fsp3) is 0.312. The van der Waals surface area contributed by atoms with Gasteiger partial charge in [0, 0.05) is 18.2 Å². The minimum absolute atomic E-state index is 0.328. The van der Waals surface area contributed by atoms with Crippen LogP contribution in [0, 0.1) is 0 Å². The van der Waals surface area contributed by atoms with Crippen LogP contribution in [0.5, 0.6) is 17.4 Å². The van der Waals surface area contributed by atoms with Crippen molar-refractivity contribution in [3.63, 3.8) is 0 Å². The lowest BCUT2D eigenvalue weighted by atomic mass is 10.00. The third kappa shape index (κ3) is 2.78. The molecule has 3 rings (SSSR count). The third-order valence-electron chi connectivity index (χ3n) is 3.46. The molecule has 1 aliphatic rings. The molecule has 1 aromatic heterocycles. The first kappa shape index (κ1) is 13.7. The molecule has 21 heavy (non-hydrogen) atoms. The highest BCUT2D eigenvalue weighted by Gasteiger charge is 2.18. The first-order valence-electron chi connectivity index (χ1n) is 6.93. The number of methoxy groups -OCH3 is 1. The predicted molar refractivity (Wildman–Crippen MR) is 78.9 cm³/mol. The Morgan fingerprint density at radius 3 is 2.81 bits per heavy atom. The van der Waals surface area contributed by atoms with E-state index in [1.54, 1.807) is 13.3 Å². The van der Waals surface area contributed by atoms with Crippen LogP contribution in [0.25, 0.3) is 0 Å². The molecule has 0 amide bonds. The topological polar surface area (TPSA) is 66.6 Å². The summed E-state index contributed by atoms with van der Waals surface area (Å²) in [4.78, 5) is 4.19. The van der Waals surface area contributed by atoms with E-state index in [0.29, 0.717) is 19.1 Å². The van der Waals surface area contributed by atoms with Gasteiger partial charge in [0.1, 0.15) is 0 Å². The van der Waals surface area contributed by atoms with Crippen molar-refractivity contribution in [2.75, 3.05) is 20.3 Å². The van der Waals surface area contributed by atoms with Crippen molar-refractivity contribution in [2.45, 2.75) is 12.5 Å². The lowest BCUT2D eigenvalue weighted by Crippen LogP contribution is -2.13. The van der Waals surface area contributed by atoms with E-state index in [2.05, 4.69) is 4.98 Å². The minimum atomic E-state index is -0.328. The van der Waals surface area contributed by atoms with E-state index in [1.165, 1.54) is 0 Å². The van der Waals surface area contributed by atoms with Crippen molar-refractivity contribution in [2.24, 2.45) is 5.73 Å². The number of fused-ring (bicyclic) bond motifs is 1. The SMILES string of the molecule is COc1ncccc1C(N)c1ccc2c(c1)OCCCO2. The molecule has 0 saturated carbocycles. The summed E-state index contributed by atoms with van der Waals surface area (Å²) in [6.45, 7) is 1.33. The van der Waals surface area contributed by atoms with Gasteiger partial charge in [-0.3, -0.25) is 0 Å². The van der Waals surface area contributed by atoms with Crippen LogP contribution in [0.1, 0.15) is 23.6 Å². The van der Waals surface area contributed by atoms with E-state index >= 15 is 0 Å². The molecule has 5 heteroatoms. The van der Waals surface area contributed by atoms with E-state index in [-0.39, 0.29) is 6.04 Å². The van der Waals surface area contributed by atoms with Gasteiger partial charge in [0.15, 0.2) is 11.5 Å². The summed E-state index contributed by atoms with van der Waals surface area (Å²) in [5.41, 5.74) is 8.13. The van der Waals surface area contributed by atoms with Gasteiger partial charge in [0.25, 0.3) is 0 Å². The summed E-state index contributed by atoms with van der Waals surface area (Å²) in [7, 11) is 1.59. The van der Waals surface area contributed by atoms with E-state index in [4.69, 9.17) is 19.9 Å². The Hall–Kier alpha value is -2.27. The lowest BCUT2D eigenvalue weighted by Gasteiger charge is -2.16. The van der Waals surface area contributed by atoms with E-state index < -0.39 is 0 Å². The maximum absolute atomic E-state index is 6.35. The second kappa shape index (κ2) is 6.01. The molecule has 1 atom stereocenters. The number of benzene rings is 1. The molecule has 2 aromatic rings. The van der Waals surface area contributed by atoms with Gasteiger partial charge in [-0.2, -0.15) is 0 Å². The fourth-order valence-electron chi connectivity index (χ4n) is 2.36. The van der Waals surface area contributed by atoms with Crippen LogP contribution in [0.15, 0.2) is 36.5 Å². The standard InChI is InChI=1S/C16H18N2O3/c1-19-16-12(4-2-7-18-16)15(17)11-5-6-13-14(10-11)21-9-3-8-20-13/h2,4-7,10,15H,3,8-9,17H2,1H3. The molecule has 0 aliphatic carbocycles. The maximum Gasteiger partial charge on any atom is 0.218 e. The molecule has 2 heterocycles. The summed E-state index contributed by atoms with van der Waals surface area (Å²) < 4.78 is 16.6. The second-order valence-electron chi connectivity index (χ2n) is 4.84. The average Bonchev–Trinajstić information content (AvgIpc) is 2.78. The van der Waals surface area contributed by atoms with Crippen molar-refractivity contribution >= 4 is 0 Å². The molecular formula is C16H18N2O3. The van der Waals surface area contributed by atoms with Crippen LogP contribution in [-0.2, 0) is 0 Å². The number of nitrogens with zero attached hydrogens (tertiary/aromatic N) is 1. The molecule has 1 aliphatic heterocycles. The number of hydrogen-bond acceptors (Lipinski definition) is 5. The van der Waals surface area contributed by atoms with Crippen molar-refractivity contribution < 1.29 is 14.2 Å². The van der Waals surface area contributed by atoms with Gasteiger partial charge in [-0.25, -0.2) is 4.98 Å². The van der Waals surface area contributed by atoms with Gasteiger partial charge in [0.2, 0.25) is 5.88 Å². The van der Waals surface area contributed by atoms with Crippen LogP contribution < -0.4 is 19.9 Å². The van der Waals surface area contributed by atoms with Crippen molar-refractivity contribution in [3.05, 3.63) is 47.7 Å². The van der Waals surface area contributed by atoms with Gasteiger partial charge in [0.05, 0.1) is 26.4 Å². The Kier molecular flexibility index (Phi) is 3.92. The minimum Gasteiger partial charge on any atom is -0.490 e. The van der Waals surface area contributed by atoms with Crippen LogP contribution >= 0.6 is 0 Å². The molecule has 1 unspecified atom stereocenters. The Morgan fingerprint density at radius 2 is 2.00 bits per heavy atom. The van der Waals surface area contributed by atoms with Crippen molar-refractivity contribution in [1.29, 1.82) is 0 Å². The highest BCUT2D eigenvalue weighted by molar-refractivity contribution is 5.47.